The van der Waals surface area contributed by atoms with Gasteiger partial charge in [-0.1, -0.05) is 19.3 Å². The van der Waals surface area contributed by atoms with Crippen molar-refractivity contribution in [1.29, 1.82) is 0 Å². The molecule has 2 aromatic rings. The molecule has 22 heavy (non-hydrogen) atoms. The number of hydrogen-bond acceptors (Lipinski definition) is 5. The van der Waals surface area contributed by atoms with Crippen LogP contribution in [0, 0.1) is 0 Å². The Labute approximate surface area is 126 Å². The van der Waals surface area contributed by atoms with Crippen LogP contribution < -0.4 is 16.1 Å². The number of benzene rings is 1. The molecule has 0 unspecified atom stereocenters. The highest BCUT2D eigenvalue weighted by Gasteiger charge is 2.22. The first-order valence-electron chi connectivity index (χ1n) is 7.15. The van der Waals surface area contributed by atoms with Gasteiger partial charge in [-0.25, -0.2) is 22.7 Å². The fourth-order valence-corrected chi connectivity index (χ4v) is 4.08. The van der Waals surface area contributed by atoms with E-state index in [0.717, 1.165) is 32.1 Å². The van der Waals surface area contributed by atoms with Gasteiger partial charge in [0.2, 0.25) is 10.0 Å². The molecule has 0 aliphatic heterocycles. The van der Waals surface area contributed by atoms with Gasteiger partial charge >= 0.3 is 11.4 Å². The van der Waals surface area contributed by atoms with E-state index >= 15 is 0 Å². The molecule has 7 nitrogen and oxygen atoms in total. The Balaban J connectivity index is 1.98. The number of aromatic nitrogens is 1. The number of nitrogens with one attached hydrogen (secondary N) is 2. The maximum absolute atomic E-state index is 12.4. The predicted molar refractivity (Wildman–Crippen MR) is 80.3 cm³/mol. The highest BCUT2D eigenvalue weighted by molar-refractivity contribution is 7.89. The van der Waals surface area contributed by atoms with Gasteiger partial charge in [0.15, 0.2) is 0 Å². The zero-order valence-corrected chi connectivity index (χ0v) is 12.6. The molecule has 118 valence electrons. The van der Waals surface area contributed by atoms with Crippen molar-refractivity contribution < 1.29 is 12.8 Å². The predicted octanol–water partition coefficient (Wildman–Crippen LogP) is 1.09. The standard InChI is InChI=1S/C14H16N2O5S/c17-13-11-8-10(6-7-12(11)15-14(18)21-13)22(19,20)16-9-4-2-1-3-5-9/h6-9,16H,1-5H2,(H,15,18). The van der Waals surface area contributed by atoms with Gasteiger partial charge in [0.25, 0.3) is 0 Å². The van der Waals surface area contributed by atoms with Crippen LogP contribution in [0.3, 0.4) is 0 Å². The third-order valence-corrected chi connectivity index (χ3v) is 5.39. The first kappa shape index (κ1) is 15.0. The second kappa shape index (κ2) is 5.69. The summed E-state index contributed by atoms with van der Waals surface area (Å²) in [6, 6.07) is 3.91. The summed E-state index contributed by atoms with van der Waals surface area (Å²) >= 11 is 0. The Morgan fingerprint density at radius 1 is 1.14 bits per heavy atom. The van der Waals surface area contributed by atoms with Gasteiger partial charge in [0, 0.05) is 6.04 Å². The molecule has 2 N–H and O–H groups in total. The van der Waals surface area contributed by atoms with Crippen LogP contribution in [0.1, 0.15) is 32.1 Å². The van der Waals surface area contributed by atoms with Crippen LogP contribution in [0.4, 0.5) is 0 Å². The maximum atomic E-state index is 12.4. The zero-order valence-electron chi connectivity index (χ0n) is 11.8. The summed E-state index contributed by atoms with van der Waals surface area (Å²) in [5, 5.41) is 0.0334. The molecule has 1 aliphatic carbocycles. The molecule has 0 spiro atoms. The van der Waals surface area contributed by atoms with Crippen molar-refractivity contribution in [2.45, 2.75) is 43.0 Å². The molecular weight excluding hydrogens is 308 g/mol. The smallest absolute Gasteiger partial charge is 0.372 e. The van der Waals surface area contributed by atoms with E-state index in [1.165, 1.54) is 18.2 Å². The van der Waals surface area contributed by atoms with Gasteiger partial charge in [-0.3, -0.25) is 4.98 Å². The van der Waals surface area contributed by atoms with E-state index in [4.69, 9.17) is 0 Å². The SMILES string of the molecule is O=c1[nH]c2ccc(S(=O)(=O)NC3CCCCC3)cc2c(=O)o1. The zero-order chi connectivity index (χ0) is 15.7. The van der Waals surface area contributed by atoms with Crippen molar-refractivity contribution in [3.8, 4) is 0 Å². The molecule has 1 aromatic heterocycles. The van der Waals surface area contributed by atoms with Gasteiger partial charge in [0.05, 0.1) is 15.8 Å². The van der Waals surface area contributed by atoms with Crippen LogP contribution in [-0.4, -0.2) is 19.4 Å². The summed E-state index contributed by atoms with van der Waals surface area (Å²) < 4.78 is 31.9. The van der Waals surface area contributed by atoms with Crippen molar-refractivity contribution in [2.24, 2.45) is 0 Å². The van der Waals surface area contributed by atoms with Crippen LogP contribution in [0.25, 0.3) is 10.9 Å². The second-order valence-corrected chi connectivity index (χ2v) is 7.18. The molecule has 0 atom stereocenters. The number of hydrogen-bond donors (Lipinski definition) is 2. The molecule has 1 aliphatic rings. The quantitative estimate of drug-likeness (QED) is 0.878. The first-order chi connectivity index (χ1) is 10.5. The van der Waals surface area contributed by atoms with Crippen LogP contribution in [-0.2, 0) is 10.0 Å². The van der Waals surface area contributed by atoms with Crippen molar-refractivity contribution in [1.82, 2.24) is 9.71 Å². The lowest BCUT2D eigenvalue weighted by Crippen LogP contribution is -2.36. The van der Waals surface area contributed by atoms with Crippen LogP contribution >= 0.6 is 0 Å². The Bertz CT molecular complexity index is 907. The fraction of sp³-hybridized carbons (Fsp3) is 0.429. The average molecular weight is 324 g/mol. The Morgan fingerprint density at radius 2 is 1.86 bits per heavy atom. The van der Waals surface area contributed by atoms with E-state index in [2.05, 4.69) is 14.1 Å². The minimum atomic E-state index is -3.70. The summed E-state index contributed by atoms with van der Waals surface area (Å²) in [5.41, 5.74) is -0.605. The number of rotatable bonds is 3. The topological polar surface area (TPSA) is 109 Å². The number of fused-ring (bicyclic) bond motifs is 1. The van der Waals surface area contributed by atoms with Crippen molar-refractivity contribution in [2.75, 3.05) is 0 Å². The van der Waals surface area contributed by atoms with Crippen LogP contribution in [0.15, 0.2) is 37.1 Å². The highest BCUT2D eigenvalue weighted by atomic mass is 32.2. The lowest BCUT2D eigenvalue weighted by Gasteiger charge is -2.22. The summed E-state index contributed by atoms with van der Waals surface area (Å²) in [7, 11) is -3.70. The van der Waals surface area contributed by atoms with Crippen LogP contribution in [0.5, 0.6) is 0 Å². The first-order valence-corrected chi connectivity index (χ1v) is 8.63. The Kier molecular flexibility index (Phi) is 3.88. The molecule has 1 heterocycles. The normalized spacial score (nSPS) is 16.9. The van der Waals surface area contributed by atoms with E-state index in [9.17, 15) is 18.0 Å². The molecule has 3 rings (SSSR count). The molecule has 1 fully saturated rings. The average Bonchev–Trinajstić information content (AvgIpc) is 2.47. The maximum Gasteiger partial charge on any atom is 0.419 e. The lowest BCUT2D eigenvalue weighted by molar-refractivity contribution is 0.412. The summed E-state index contributed by atoms with van der Waals surface area (Å²) in [6.07, 6.45) is 4.79. The summed E-state index contributed by atoms with van der Waals surface area (Å²) in [5.74, 6) is -0.867. The van der Waals surface area contributed by atoms with Crippen LogP contribution in [0.2, 0.25) is 0 Å². The highest BCUT2D eigenvalue weighted by Crippen LogP contribution is 2.20. The van der Waals surface area contributed by atoms with E-state index < -0.39 is 21.4 Å². The van der Waals surface area contributed by atoms with Crippen molar-refractivity contribution >= 4 is 20.9 Å². The Morgan fingerprint density at radius 3 is 2.59 bits per heavy atom. The summed E-state index contributed by atoms with van der Waals surface area (Å²) in [6.45, 7) is 0. The molecule has 0 saturated heterocycles. The molecule has 0 radical (unpaired) electrons. The van der Waals surface area contributed by atoms with Gasteiger partial charge in [0.1, 0.15) is 0 Å². The number of aromatic amines is 1. The van der Waals surface area contributed by atoms with Gasteiger partial charge in [-0.05, 0) is 31.0 Å². The molecular formula is C14H16N2O5S. The monoisotopic (exact) mass is 324 g/mol. The van der Waals surface area contributed by atoms with Gasteiger partial charge in [-0.15, -0.1) is 0 Å². The molecule has 0 bridgehead atoms. The Hall–Kier alpha value is -1.93. The third kappa shape index (κ3) is 2.97. The second-order valence-electron chi connectivity index (χ2n) is 5.47. The van der Waals surface area contributed by atoms with E-state index in [-0.39, 0.29) is 21.8 Å². The number of sulfonamides is 1. The molecule has 0 amide bonds. The largest absolute Gasteiger partial charge is 0.419 e. The number of H-pyrrole nitrogens is 1. The van der Waals surface area contributed by atoms with Crippen molar-refractivity contribution in [3.63, 3.8) is 0 Å². The van der Waals surface area contributed by atoms with E-state index in [1.807, 2.05) is 0 Å². The van der Waals surface area contributed by atoms with E-state index in [0.29, 0.717) is 0 Å². The molecule has 8 heteroatoms. The summed E-state index contributed by atoms with van der Waals surface area (Å²) in [4.78, 5) is 25.1. The molecule has 1 aromatic carbocycles. The minimum Gasteiger partial charge on any atom is -0.372 e. The van der Waals surface area contributed by atoms with Crippen molar-refractivity contribution in [3.05, 3.63) is 39.2 Å². The third-order valence-electron chi connectivity index (χ3n) is 3.87. The van der Waals surface area contributed by atoms with Gasteiger partial charge in [-0.2, -0.15) is 0 Å². The lowest BCUT2D eigenvalue weighted by atomic mass is 9.96. The van der Waals surface area contributed by atoms with Gasteiger partial charge < -0.3 is 4.42 Å². The minimum absolute atomic E-state index is 0.00933. The van der Waals surface area contributed by atoms with E-state index in [1.54, 1.807) is 0 Å². The fourth-order valence-electron chi connectivity index (χ4n) is 2.75. The molecule has 1 saturated carbocycles.